The third-order valence-corrected chi connectivity index (χ3v) is 6.40. The van der Waals surface area contributed by atoms with Crippen molar-refractivity contribution >= 4 is 11.9 Å². The summed E-state index contributed by atoms with van der Waals surface area (Å²) in [6.45, 7) is 5.72. The lowest BCUT2D eigenvalue weighted by Crippen LogP contribution is -2.44. The molecule has 146 valence electrons. The first-order valence-corrected chi connectivity index (χ1v) is 10.3. The molecule has 0 aliphatic carbocycles. The van der Waals surface area contributed by atoms with E-state index in [0.29, 0.717) is 19.5 Å². The Morgan fingerprint density at radius 1 is 1.00 bits per heavy atom. The molecule has 27 heavy (non-hydrogen) atoms. The maximum atomic E-state index is 12.5. The van der Waals surface area contributed by atoms with Crippen LogP contribution in [0.25, 0.3) is 0 Å². The van der Waals surface area contributed by atoms with Crippen molar-refractivity contribution in [3.05, 3.63) is 35.4 Å². The first-order chi connectivity index (χ1) is 13.2. The van der Waals surface area contributed by atoms with Gasteiger partial charge in [0.1, 0.15) is 0 Å². The van der Waals surface area contributed by atoms with E-state index in [2.05, 4.69) is 22.8 Å². The van der Waals surface area contributed by atoms with Crippen LogP contribution < -0.4 is 10.6 Å². The van der Waals surface area contributed by atoms with Gasteiger partial charge in [0.15, 0.2) is 0 Å². The Bertz CT molecular complexity index is 679. The molecule has 6 heteroatoms. The van der Waals surface area contributed by atoms with Crippen molar-refractivity contribution in [3.8, 4) is 0 Å². The van der Waals surface area contributed by atoms with Crippen molar-refractivity contribution in [2.45, 2.75) is 32.2 Å². The number of urea groups is 1. The molecule has 3 aliphatic heterocycles. The van der Waals surface area contributed by atoms with E-state index in [1.54, 1.807) is 0 Å². The highest BCUT2D eigenvalue weighted by molar-refractivity contribution is 5.78. The molecule has 0 unspecified atom stereocenters. The number of benzene rings is 1. The second kappa shape index (κ2) is 8.30. The maximum absolute atomic E-state index is 12.5. The SMILES string of the molecule is O=C(CCNC(=O)N1CCc2ccccc2C1)N1CC[C@@H]2CNC[C@@H]2CC1. The lowest BCUT2D eigenvalue weighted by molar-refractivity contribution is -0.131. The van der Waals surface area contributed by atoms with Gasteiger partial charge in [0.25, 0.3) is 0 Å². The molecular formula is C21H30N4O2. The van der Waals surface area contributed by atoms with Crippen molar-refractivity contribution in [2.75, 3.05) is 39.3 Å². The number of hydrogen-bond donors (Lipinski definition) is 2. The van der Waals surface area contributed by atoms with E-state index in [4.69, 9.17) is 0 Å². The quantitative estimate of drug-likeness (QED) is 0.850. The van der Waals surface area contributed by atoms with E-state index >= 15 is 0 Å². The second-order valence-electron chi connectivity index (χ2n) is 8.06. The van der Waals surface area contributed by atoms with Crippen LogP contribution in [0.2, 0.25) is 0 Å². The average molecular weight is 370 g/mol. The third-order valence-electron chi connectivity index (χ3n) is 6.40. The number of carbonyl (C=O) groups excluding carboxylic acids is 2. The van der Waals surface area contributed by atoms with Crippen molar-refractivity contribution < 1.29 is 9.59 Å². The Kier molecular flexibility index (Phi) is 5.62. The summed E-state index contributed by atoms with van der Waals surface area (Å²) in [7, 11) is 0. The lowest BCUT2D eigenvalue weighted by atomic mass is 9.92. The highest BCUT2D eigenvalue weighted by atomic mass is 16.2. The summed E-state index contributed by atoms with van der Waals surface area (Å²) >= 11 is 0. The largest absolute Gasteiger partial charge is 0.343 e. The van der Waals surface area contributed by atoms with Crippen molar-refractivity contribution in [1.82, 2.24) is 20.4 Å². The summed E-state index contributed by atoms with van der Waals surface area (Å²) in [5.74, 6) is 1.63. The molecule has 3 amide bonds. The molecule has 0 radical (unpaired) electrons. The number of nitrogens with one attached hydrogen (secondary N) is 2. The van der Waals surface area contributed by atoms with Gasteiger partial charge in [-0.05, 0) is 55.3 Å². The molecule has 4 rings (SSSR count). The van der Waals surface area contributed by atoms with Crippen LogP contribution in [0.1, 0.15) is 30.4 Å². The number of hydrogen-bond acceptors (Lipinski definition) is 3. The van der Waals surface area contributed by atoms with Gasteiger partial charge in [0.2, 0.25) is 5.91 Å². The van der Waals surface area contributed by atoms with Crippen molar-refractivity contribution in [2.24, 2.45) is 11.8 Å². The zero-order valence-electron chi connectivity index (χ0n) is 16.0. The molecular weight excluding hydrogens is 340 g/mol. The van der Waals surface area contributed by atoms with Crippen LogP contribution >= 0.6 is 0 Å². The highest BCUT2D eigenvalue weighted by Gasteiger charge is 2.31. The van der Waals surface area contributed by atoms with Crippen LogP contribution in [0.15, 0.2) is 24.3 Å². The van der Waals surface area contributed by atoms with E-state index in [0.717, 1.165) is 63.8 Å². The number of fused-ring (bicyclic) bond motifs is 2. The van der Waals surface area contributed by atoms with Gasteiger partial charge < -0.3 is 20.4 Å². The number of amides is 3. The molecule has 3 heterocycles. The summed E-state index contributed by atoms with van der Waals surface area (Å²) in [4.78, 5) is 28.8. The summed E-state index contributed by atoms with van der Waals surface area (Å²) in [6.07, 6.45) is 3.49. The molecule has 0 spiro atoms. The Hall–Kier alpha value is -2.08. The van der Waals surface area contributed by atoms with Gasteiger partial charge in [-0.2, -0.15) is 0 Å². The maximum Gasteiger partial charge on any atom is 0.317 e. The summed E-state index contributed by atoms with van der Waals surface area (Å²) < 4.78 is 0. The standard InChI is InChI=1S/C21H30N4O2/c26-20(24-10-7-17-13-22-14-18(17)8-11-24)5-9-23-21(27)25-12-6-16-3-1-2-4-19(16)15-25/h1-4,17-18,22H,5-15H2,(H,23,27)/t17-,18+. The molecule has 1 aromatic carbocycles. The van der Waals surface area contributed by atoms with E-state index < -0.39 is 0 Å². The van der Waals surface area contributed by atoms with E-state index in [1.807, 2.05) is 21.9 Å². The molecule has 2 N–H and O–H groups in total. The minimum Gasteiger partial charge on any atom is -0.343 e. The minimum absolute atomic E-state index is 0.0613. The number of likely N-dealkylation sites (tertiary alicyclic amines) is 1. The zero-order chi connectivity index (χ0) is 18.6. The smallest absolute Gasteiger partial charge is 0.317 e. The average Bonchev–Trinajstić information content (AvgIpc) is 3.05. The number of nitrogens with zero attached hydrogens (tertiary/aromatic N) is 2. The van der Waals surface area contributed by atoms with Gasteiger partial charge in [-0.3, -0.25) is 4.79 Å². The van der Waals surface area contributed by atoms with Gasteiger partial charge in [-0.25, -0.2) is 4.79 Å². The fraction of sp³-hybridized carbons (Fsp3) is 0.619. The Morgan fingerprint density at radius 2 is 1.70 bits per heavy atom. The molecule has 0 bridgehead atoms. The Labute approximate surface area is 161 Å². The molecule has 3 aliphatic rings. The minimum atomic E-state index is -0.0613. The van der Waals surface area contributed by atoms with E-state index in [-0.39, 0.29) is 11.9 Å². The van der Waals surface area contributed by atoms with Crippen LogP contribution in [0, 0.1) is 11.8 Å². The van der Waals surface area contributed by atoms with Gasteiger partial charge >= 0.3 is 6.03 Å². The van der Waals surface area contributed by atoms with Crippen molar-refractivity contribution in [1.29, 1.82) is 0 Å². The van der Waals surface area contributed by atoms with Gasteiger partial charge in [0.05, 0.1) is 0 Å². The Balaban J connectivity index is 1.20. The van der Waals surface area contributed by atoms with Gasteiger partial charge in [-0.1, -0.05) is 24.3 Å². The summed E-state index contributed by atoms with van der Waals surface area (Å²) in [5.41, 5.74) is 2.55. The summed E-state index contributed by atoms with van der Waals surface area (Å²) in [6, 6.07) is 8.22. The molecule has 6 nitrogen and oxygen atoms in total. The van der Waals surface area contributed by atoms with Crippen LogP contribution in [0.3, 0.4) is 0 Å². The molecule has 2 atom stereocenters. The third kappa shape index (κ3) is 4.26. The fourth-order valence-electron chi connectivity index (χ4n) is 4.68. The zero-order valence-corrected chi connectivity index (χ0v) is 16.0. The monoisotopic (exact) mass is 370 g/mol. The Morgan fingerprint density at radius 3 is 2.44 bits per heavy atom. The van der Waals surface area contributed by atoms with Crippen LogP contribution in [0.5, 0.6) is 0 Å². The predicted molar refractivity (Wildman–Crippen MR) is 104 cm³/mol. The number of rotatable bonds is 3. The normalized spacial score (nSPS) is 24.7. The van der Waals surface area contributed by atoms with Crippen molar-refractivity contribution in [3.63, 3.8) is 0 Å². The first-order valence-electron chi connectivity index (χ1n) is 10.3. The molecule has 1 aromatic rings. The summed E-state index contributed by atoms with van der Waals surface area (Å²) in [5, 5.41) is 6.40. The van der Waals surface area contributed by atoms with Gasteiger partial charge in [-0.15, -0.1) is 0 Å². The highest BCUT2D eigenvalue weighted by Crippen LogP contribution is 2.27. The van der Waals surface area contributed by atoms with E-state index in [9.17, 15) is 9.59 Å². The number of carbonyl (C=O) groups is 2. The fourth-order valence-corrected chi connectivity index (χ4v) is 4.68. The lowest BCUT2D eigenvalue weighted by Gasteiger charge is -2.29. The first kappa shape index (κ1) is 18.3. The van der Waals surface area contributed by atoms with Crippen LogP contribution in [0.4, 0.5) is 4.79 Å². The van der Waals surface area contributed by atoms with Gasteiger partial charge in [0, 0.05) is 39.1 Å². The van der Waals surface area contributed by atoms with E-state index in [1.165, 1.54) is 11.1 Å². The second-order valence-corrected chi connectivity index (χ2v) is 8.06. The molecule has 2 fully saturated rings. The molecule has 0 saturated carbocycles. The molecule has 0 aromatic heterocycles. The topological polar surface area (TPSA) is 64.7 Å². The molecule has 2 saturated heterocycles. The predicted octanol–water partition coefficient (Wildman–Crippen LogP) is 1.60. The van der Waals surface area contributed by atoms with Crippen LogP contribution in [-0.2, 0) is 17.8 Å². The van der Waals surface area contributed by atoms with Crippen LogP contribution in [-0.4, -0.2) is 61.0 Å².